The molecule has 3 unspecified atom stereocenters. The van der Waals surface area contributed by atoms with Gasteiger partial charge >= 0.3 is 5.97 Å². The molecule has 198 valence electrons. The van der Waals surface area contributed by atoms with E-state index < -0.39 is 5.97 Å². The van der Waals surface area contributed by atoms with Crippen LogP contribution < -0.4 is 5.32 Å². The van der Waals surface area contributed by atoms with Crippen molar-refractivity contribution in [1.29, 1.82) is 0 Å². The maximum atomic E-state index is 12.2. The van der Waals surface area contributed by atoms with Crippen LogP contribution in [0.3, 0.4) is 0 Å². The molecule has 4 nitrogen and oxygen atoms in total. The second-order valence-corrected chi connectivity index (χ2v) is 13.7. The predicted molar refractivity (Wildman–Crippen MR) is 142 cm³/mol. The Kier molecular flexibility index (Phi) is 8.08. The maximum absolute atomic E-state index is 12.2. The molecule has 1 amide bonds. The number of amides is 1. The lowest BCUT2D eigenvalue weighted by Crippen LogP contribution is -2.52. The van der Waals surface area contributed by atoms with Gasteiger partial charge in [0.2, 0.25) is 5.91 Å². The molecule has 0 aliphatic heterocycles. The highest BCUT2D eigenvalue weighted by Crippen LogP contribution is 2.67. The summed E-state index contributed by atoms with van der Waals surface area (Å²) >= 11 is 0. The highest BCUT2D eigenvalue weighted by atomic mass is 16.4. The standard InChI is InChI=1S/C31H51NO3/c1-20(2)7-6-8-21(3)25-11-12-26-24-10-9-22-19-23(32-28(33)13-14-29(34)35)15-17-30(22,4)27(24)16-18-31(25,26)5/h9,20-21,23-27H,6-8,10-19H2,1-5H3,(H,32,33)(H,34,35)/t21-,23+,24?,25-,26?,27?,30+,31-/m1/s1. The molecule has 3 saturated carbocycles. The molecule has 0 heterocycles. The Morgan fingerprint density at radius 3 is 2.51 bits per heavy atom. The molecule has 4 aliphatic rings. The number of aliphatic carboxylic acids is 1. The van der Waals surface area contributed by atoms with E-state index in [2.05, 4.69) is 46.0 Å². The second kappa shape index (κ2) is 10.6. The quantitative estimate of drug-likeness (QED) is 0.335. The zero-order valence-electron chi connectivity index (χ0n) is 23.1. The summed E-state index contributed by atoms with van der Waals surface area (Å²) in [5, 5.41) is 12.0. The molecule has 3 fully saturated rings. The third kappa shape index (κ3) is 5.37. The van der Waals surface area contributed by atoms with E-state index >= 15 is 0 Å². The summed E-state index contributed by atoms with van der Waals surface area (Å²) in [4.78, 5) is 23.0. The van der Waals surface area contributed by atoms with Crippen molar-refractivity contribution in [3.63, 3.8) is 0 Å². The SMILES string of the molecule is CC(C)CCC[C@@H](C)[C@H]1CCC2C3CC=C4C[C@@H](NC(=O)CCC(=O)O)CC[C@]4(C)C3CC[C@@]21C. The highest BCUT2D eigenvalue weighted by molar-refractivity contribution is 5.80. The molecule has 8 atom stereocenters. The summed E-state index contributed by atoms with van der Waals surface area (Å²) in [6, 6.07) is 0.170. The zero-order chi connectivity index (χ0) is 25.4. The van der Waals surface area contributed by atoms with E-state index in [1.807, 2.05) is 0 Å². The maximum Gasteiger partial charge on any atom is 0.303 e. The summed E-state index contributed by atoms with van der Waals surface area (Å²) in [6.45, 7) is 12.4. The Morgan fingerprint density at radius 2 is 1.80 bits per heavy atom. The molecule has 4 heteroatoms. The van der Waals surface area contributed by atoms with E-state index in [1.54, 1.807) is 5.57 Å². The first-order valence-electron chi connectivity index (χ1n) is 14.7. The monoisotopic (exact) mass is 485 g/mol. The molecule has 35 heavy (non-hydrogen) atoms. The molecular formula is C31H51NO3. The number of hydrogen-bond acceptors (Lipinski definition) is 2. The summed E-state index contributed by atoms with van der Waals surface area (Å²) in [6.07, 6.45) is 16.7. The van der Waals surface area contributed by atoms with Crippen molar-refractivity contribution in [2.45, 2.75) is 124 Å². The third-order valence-corrected chi connectivity index (χ3v) is 11.2. The van der Waals surface area contributed by atoms with Crippen LogP contribution in [-0.4, -0.2) is 23.0 Å². The van der Waals surface area contributed by atoms with Gasteiger partial charge in [-0.05, 0) is 97.7 Å². The van der Waals surface area contributed by atoms with E-state index in [-0.39, 0.29) is 30.2 Å². The molecule has 0 saturated heterocycles. The smallest absolute Gasteiger partial charge is 0.303 e. The molecular weight excluding hydrogens is 434 g/mol. The van der Waals surface area contributed by atoms with Gasteiger partial charge in [-0.1, -0.05) is 65.5 Å². The van der Waals surface area contributed by atoms with Gasteiger partial charge < -0.3 is 10.4 Å². The lowest BCUT2D eigenvalue weighted by molar-refractivity contribution is -0.139. The average molecular weight is 486 g/mol. The van der Waals surface area contributed by atoms with Gasteiger partial charge in [-0.15, -0.1) is 0 Å². The Hall–Kier alpha value is -1.32. The molecule has 0 aromatic carbocycles. The molecule has 0 aromatic rings. The normalized spacial score (nSPS) is 39.3. The van der Waals surface area contributed by atoms with Gasteiger partial charge in [-0.3, -0.25) is 9.59 Å². The van der Waals surface area contributed by atoms with E-state index in [1.165, 1.54) is 51.4 Å². The molecule has 0 radical (unpaired) electrons. The zero-order valence-corrected chi connectivity index (χ0v) is 23.1. The van der Waals surface area contributed by atoms with Crippen molar-refractivity contribution in [2.24, 2.45) is 46.3 Å². The average Bonchev–Trinajstić information content (AvgIpc) is 3.15. The topological polar surface area (TPSA) is 66.4 Å². The number of fused-ring (bicyclic) bond motifs is 5. The number of carboxylic acids is 1. The molecule has 4 aliphatic carbocycles. The van der Waals surface area contributed by atoms with Gasteiger partial charge in [0.1, 0.15) is 0 Å². The van der Waals surface area contributed by atoms with Gasteiger partial charge in [0.25, 0.3) is 0 Å². The number of carbonyl (C=O) groups excluding carboxylic acids is 1. The molecule has 0 bridgehead atoms. The first-order valence-corrected chi connectivity index (χ1v) is 14.7. The Labute approximate surface area is 214 Å². The fourth-order valence-corrected chi connectivity index (χ4v) is 9.33. The largest absolute Gasteiger partial charge is 0.481 e. The minimum Gasteiger partial charge on any atom is -0.481 e. The van der Waals surface area contributed by atoms with Crippen LogP contribution in [0.1, 0.15) is 118 Å². The fraction of sp³-hybridized carbons (Fsp3) is 0.871. The molecule has 2 N–H and O–H groups in total. The number of allylic oxidation sites excluding steroid dienone is 1. The van der Waals surface area contributed by atoms with Crippen LogP contribution in [0.4, 0.5) is 0 Å². The third-order valence-electron chi connectivity index (χ3n) is 11.2. The molecule has 4 rings (SSSR count). The number of nitrogens with one attached hydrogen (secondary N) is 1. The first kappa shape index (κ1) is 26.7. The number of carbonyl (C=O) groups is 2. The Balaban J connectivity index is 1.40. The number of hydrogen-bond donors (Lipinski definition) is 2. The lowest BCUT2D eigenvalue weighted by Gasteiger charge is -2.58. The van der Waals surface area contributed by atoms with Crippen LogP contribution in [0.15, 0.2) is 11.6 Å². The Morgan fingerprint density at radius 1 is 1.03 bits per heavy atom. The first-order chi connectivity index (χ1) is 16.5. The van der Waals surface area contributed by atoms with E-state index in [0.29, 0.717) is 5.41 Å². The van der Waals surface area contributed by atoms with Crippen molar-refractivity contribution < 1.29 is 14.7 Å². The molecule has 0 aromatic heterocycles. The van der Waals surface area contributed by atoms with Crippen LogP contribution in [0, 0.1) is 46.3 Å². The van der Waals surface area contributed by atoms with E-state index in [9.17, 15) is 9.59 Å². The van der Waals surface area contributed by atoms with Crippen LogP contribution in [-0.2, 0) is 9.59 Å². The number of carboxylic acid groups (broad SMARTS) is 1. The van der Waals surface area contributed by atoms with Gasteiger partial charge in [0.05, 0.1) is 6.42 Å². The fourth-order valence-electron chi connectivity index (χ4n) is 9.33. The summed E-state index contributed by atoms with van der Waals surface area (Å²) in [5.41, 5.74) is 2.39. The lowest BCUT2D eigenvalue weighted by atomic mass is 9.47. The summed E-state index contributed by atoms with van der Waals surface area (Å²) in [5.74, 6) is 4.06. The van der Waals surface area contributed by atoms with Crippen LogP contribution in [0.25, 0.3) is 0 Å². The van der Waals surface area contributed by atoms with Gasteiger partial charge in [-0.2, -0.15) is 0 Å². The van der Waals surface area contributed by atoms with Crippen molar-refractivity contribution in [3.05, 3.63) is 11.6 Å². The van der Waals surface area contributed by atoms with Crippen LogP contribution in [0.5, 0.6) is 0 Å². The summed E-state index contributed by atoms with van der Waals surface area (Å²) < 4.78 is 0. The minimum atomic E-state index is -0.902. The number of rotatable bonds is 9. The molecule has 0 spiro atoms. The minimum absolute atomic E-state index is 0.0831. The van der Waals surface area contributed by atoms with Gasteiger partial charge in [0.15, 0.2) is 0 Å². The van der Waals surface area contributed by atoms with Crippen molar-refractivity contribution in [1.82, 2.24) is 5.32 Å². The van der Waals surface area contributed by atoms with Crippen LogP contribution in [0.2, 0.25) is 0 Å². The van der Waals surface area contributed by atoms with E-state index in [4.69, 9.17) is 5.11 Å². The Bertz CT molecular complexity index is 818. The highest BCUT2D eigenvalue weighted by Gasteiger charge is 2.59. The second-order valence-electron chi connectivity index (χ2n) is 13.7. The summed E-state index contributed by atoms with van der Waals surface area (Å²) in [7, 11) is 0. The predicted octanol–water partition coefficient (Wildman–Crippen LogP) is 7.38. The van der Waals surface area contributed by atoms with Crippen molar-refractivity contribution in [3.8, 4) is 0 Å². The van der Waals surface area contributed by atoms with Gasteiger partial charge in [-0.25, -0.2) is 0 Å². The van der Waals surface area contributed by atoms with Gasteiger partial charge in [0, 0.05) is 12.5 Å². The van der Waals surface area contributed by atoms with Crippen molar-refractivity contribution in [2.75, 3.05) is 0 Å². The van der Waals surface area contributed by atoms with E-state index in [0.717, 1.165) is 54.8 Å². The van der Waals surface area contributed by atoms with Crippen molar-refractivity contribution >= 4 is 11.9 Å². The van der Waals surface area contributed by atoms with Crippen LogP contribution >= 0.6 is 0 Å².